The van der Waals surface area contributed by atoms with Gasteiger partial charge in [0.05, 0.1) is 11.2 Å². The largest absolute Gasteiger partial charge is 0.389 e. The van der Waals surface area contributed by atoms with E-state index in [9.17, 15) is 9.90 Å². The second kappa shape index (κ2) is 5.61. The third-order valence-corrected chi connectivity index (χ3v) is 4.00. The maximum Gasteiger partial charge on any atom is 0.255 e. The Morgan fingerprint density at radius 3 is 2.67 bits per heavy atom. The normalized spacial score (nSPS) is 11.7. The number of hydrogen-bond acceptors (Lipinski definition) is 4. The number of hydrogen-bond donors (Lipinski definition) is 1. The molecule has 0 fully saturated rings. The van der Waals surface area contributed by atoms with E-state index >= 15 is 0 Å². The van der Waals surface area contributed by atoms with Gasteiger partial charge in [-0.1, -0.05) is 0 Å². The third kappa shape index (κ3) is 3.33. The van der Waals surface area contributed by atoms with Crippen LogP contribution < -0.4 is 0 Å². The van der Waals surface area contributed by atoms with Gasteiger partial charge >= 0.3 is 0 Å². The Kier molecular flexibility index (Phi) is 4.20. The number of carbonyl (C=O) groups is 1. The zero-order valence-corrected chi connectivity index (χ0v) is 13.9. The Hall–Kier alpha value is -1.66. The summed E-state index contributed by atoms with van der Waals surface area (Å²) in [6.07, 6.45) is 1.75. The second-order valence-electron chi connectivity index (χ2n) is 5.91. The maximum atomic E-state index is 12.6. The molecule has 0 bridgehead atoms. The minimum Gasteiger partial charge on any atom is -0.389 e. The Labute approximate surface area is 128 Å². The Morgan fingerprint density at radius 1 is 1.48 bits per heavy atom. The highest BCUT2D eigenvalue weighted by Crippen LogP contribution is 2.23. The lowest BCUT2D eigenvalue weighted by Gasteiger charge is -2.25. The van der Waals surface area contributed by atoms with Gasteiger partial charge in [0.25, 0.3) is 5.91 Å². The molecule has 0 unspecified atom stereocenters. The molecule has 114 valence electrons. The molecule has 5 nitrogen and oxygen atoms in total. The smallest absolute Gasteiger partial charge is 0.255 e. The van der Waals surface area contributed by atoms with Crippen molar-refractivity contribution in [3.8, 4) is 5.13 Å². The molecule has 2 heterocycles. The van der Waals surface area contributed by atoms with Crippen LogP contribution in [0.15, 0.2) is 17.6 Å². The van der Waals surface area contributed by atoms with E-state index < -0.39 is 5.60 Å². The molecule has 0 saturated heterocycles. The number of aryl methyl sites for hydroxylation is 1. The van der Waals surface area contributed by atoms with Gasteiger partial charge in [-0.05, 0) is 33.8 Å². The number of amides is 1. The van der Waals surface area contributed by atoms with Gasteiger partial charge in [0.1, 0.15) is 0 Å². The fourth-order valence-corrected chi connectivity index (χ4v) is 3.21. The summed E-state index contributed by atoms with van der Waals surface area (Å²) >= 11 is 1.53. The topological polar surface area (TPSA) is 58.4 Å². The number of carbonyl (C=O) groups excluding carboxylic acids is 1. The number of likely N-dealkylation sites (N-methyl/N-ethyl adjacent to an activating group) is 1. The fourth-order valence-electron chi connectivity index (χ4n) is 2.46. The average molecular weight is 307 g/mol. The Bertz CT molecular complexity index is 639. The lowest BCUT2D eigenvalue weighted by atomic mass is 10.1. The number of nitrogens with zero attached hydrogens (tertiary/aromatic N) is 3. The molecule has 21 heavy (non-hydrogen) atoms. The number of thiazole rings is 1. The van der Waals surface area contributed by atoms with Gasteiger partial charge in [0, 0.05) is 36.6 Å². The molecule has 0 radical (unpaired) electrons. The lowest BCUT2D eigenvalue weighted by Crippen LogP contribution is -2.39. The van der Waals surface area contributed by atoms with E-state index in [0.717, 1.165) is 16.5 Å². The molecule has 2 aromatic rings. The Morgan fingerprint density at radius 2 is 2.14 bits per heavy atom. The van der Waals surface area contributed by atoms with Gasteiger partial charge in [-0.15, -0.1) is 11.3 Å². The highest BCUT2D eigenvalue weighted by atomic mass is 32.1. The third-order valence-electron chi connectivity index (χ3n) is 3.24. The highest BCUT2D eigenvalue weighted by Gasteiger charge is 2.24. The van der Waals surface area contributed by atoms with E-state index in [1.807, 2.05) is 29.9 Å². The molecule has 0 atom stereocenters. The van der Waals surface area contributed by atoms with Gasteiger partial charge < -0.3 is 10.0 Å². The average Bonchev–Trinajstić information content (AvgIpc) is 2.94. The summed E-state index contributed by atoms with van der Waals surface area (Å²) in [6.45, 7) is 7.54. The van der Waals surface area contributed by atoms with Crippen molar-refractivity contribution in [3.05, 3.63) is 34.6 Å². The monoisotopic (exact) mass is 307 g/mol. The molecule has 0 aliphatic carbocycles. The SMILES string of the molecule is Cc1cc(C(=O)N(C)CC(C)(C)O)c(C)n1-c1nccs1. The summed E-state index contributed by atoms with van der Waals surface area (Å²) < 4.78 is 1.98. The molecular formula is C15H21N3O2S. The first-order valence-corrected chi connectivity index (χ1v) is 7.65. The van der Waals surface area contributed by atoms with Gasteiger partial charge in [0.2, 0.25) is 0 Å². The molecule has 0 spiro atoms. The summed E-state index contributed by atoms with van der Waals surface area (Å²) in [5.74, 6) is -0.0898. The summed E-state index contributed by atoms with van der Waals surface area (Å²) in [6, 6.07) is 1.87. The van der Waals surface area contributed by atoms with E-state index in [-0.39, 0.29) is 12.5 Å². The van der Waals surface area contributed by atoms with E-state index in [0.29, 0.717) is 5.56 Å². The molecular weight excluding hydrogens is 286 g/mol. The van der Waals surface area contributed by atoms with Crippen LogP contribution in [0, 0.1) is 13.8 Å². The predicted molar refractivity (Wildman–Crippen MR) is 84.2 cm³/mol. The minimum absolute atomic E-state index is 0.0898. The van der Waals surface area contributed by atoms with Crippen LogP contribution in [0.1, 0.15) is 35.6 Å². The van der Waals surface area contributed by atoms with Crippen molar-refractivity contribution in [2.24, 2.45) is 0 Å². The van der Waals surface area contributed by atoms with Crippen LogP contribution in [0.25, 0.3) is 5.13 Å². The number of aromatic nitrogens is 2. The summed E-state index contributed by atoms with van der Waals surface area (Å²) in [5, 5.41) is 12.6. The molecule has 2 aromatic heterocycles. The van der Waals surface area contributed by atoms with E-state index in [1.54, 1.807) is 32.0 Å². The quantitative estimate of drug-likeness (QED) is 0.943. The molecule has 2 rings (SSSR count). The van der Waals surface area contributed by atoms with Crippen molar-refractivity contribution >= 4 is 17.2 Å². The lowest BCUT2D eigenvalue weighted by molar-refractivity contribution is 0.0367. The van der Waals surface area contributed by atoms with Crippen molar-refractivity contribution in [2.75, 3.05) is 13.6 Å². The predicted octanol–water partition coefficient (Wildman–Crippen LogP) is 2.39. The van der Waals surface area contributed by atoms with E-state index in [1.165, 1.54) is 11.3 Å². The highest BCUT2D eigenvalue weighted by molar-refractivity contribution is 7.12. The van der Waals surface area contributed by atoms with Crippen LogP contribution in [0.4, 0.5) is 0 Å². The van der Waals surface area contributed by atoms with Crippen molar-refractivity contribution in [2.45, 2.75) is 33.3 Å². The van der Waals surface area contributed by atoms with Gasteiger partial charge in [-0.2, -0.15) is 0 Å². The molecule has 1 amide bonds. The maximum absolute atomic E-state index is 12.6. The first-order chi connectivity index (χ1) is 9.70. The molecule has 0 saturated carbocycles. The fraction of sp³-hybridized carbons (Fsp3) is 0.467. The Balaban J connectivity index is 2.34. The van der Waals surface area contributed by atoms with Crippen molar-refractivity contribution in [1.82, 2.24) is 14.5 Å². The van der Waals surface area contributed by atoms with Crippen LogP contribution >= 0.6 is 11.3 Å². The molecule has 1 N–H and O–H groups in total. The first kappa shape index (κ1) is 15.7. The summed E-state index contributed by atoms with van der Waals surface area (Å²) in [4.78, 5) is 18.4. The minimum atomic E-state index is -0.911. The molecule has 0 aliphatic rings. The van der Waals surface area contributed by atoms with E-state index in [2.05, 4.69) is 4.98 Å². The molecule has 0 aromatic carbocycles. The zero-order chi connectivity index (χ0) is 15.8. The van der Waals surface area contributed by atoms with E-state index in [4.69, 9.17) is 0 Å². The first-order valence-electron chi connectivity index (χ1n) is 6.77. The molecule has 6 heteroatoms. The number of rotatable bonds is 4. The summed E-state index contributed by atoms with van der Waals surface area (Å²) in [5.41, 5.74) is 1.58. The second-order valence-corrected chi connectivity index (χ2v) is 6.78. The van der Waals surface area contributed by atoms with Crippen LogP contribution in [0.2, 0.25) is 0 Å². The molecule has 0 aliphatic heterocycles. The van der Waals surface area contributed by atoms with Crippen LogP contribution in [0.5, 0.6) is 0 Å². The van der Waals surface area contributed by atoms with Gasteiger partial charge in [-0.3, -0.25) is 9.36 Å². The van der Waals surface area contributed by atoms with Crippen LogP contribution in [0.3, 0.4) is 0 Å². The van der Waals surface area contributed by atoms with Gasteiger partial charge in [-0.25, -0.2) is 4.98 Å². The standard InChI is InChI=1S/C15H21N3O2S/c1-10-8-12(13(19)17(5)9-15(3,4)20)11(2)18(10)14-16-6-7-21-14/h6-8,20H,9H2,1-5H3. The number of aliphatic hydroxyl groups is 1. The van der Waals surface area contributed by atoms with Crippen LogP contribution in [-0.4, -0.2) is 44.7 Å². The summed E-state index contributed by atoms with van der Waals surface area (Å²) in [7, 11) is 1.70. The van der Waals surface area contributed by atoms with Crippen molar-refractivity contribution in [1.29, 1.82) is 0 Å². The van der Waals surface area contributed by atoms with Gasteiger partial charge in [0.15, 0.2) is 5.13 Å². The van der Waals surface area contributed by atoms with Crippen molar-refractivity contribution in [3.63, 3.8) is 0 Å². The zero-order valence-electron chi connectivity index (χ0n) is 13.0. The van der Waals surface area contributed by atoms with Crippen LogP contribution in [-0.2, 0) is 0 Å². The van der Waals surface area contributed by atoms with Crippen molar-refractivity contribution < 1.29 is 9.90 Å².